The Morgan fingerprint density at radius 1 is 1.58 bits per heavy atom. The van der Waals surface area contributed by atoms with Crippen molar-refractivity contribution in [2.75, 3.05) is 6.79 Å². The first-order valence-corrected chi connectivity index (χ1v) is 4.14. The largest absolute Gasteiger partial charge is 0.478 e. The fraction of sp³-hybridized carbons (Fsp3) is 0.286. The van der Waals surface area contributed by atoms with Crippen molar-refractivity contribution < 1.29 is 19.4 Å². The highest BCUT2D eigenvalue weighted by molar-refractivity contribution is 7.14. The van der Waals surface area contributed by atoms with Crippen LogP contribution in [-0.2, 0) is 0 Å². The standard InChI is InChI=1S/C7H6O4S/c1-3-4(6(8)9)5-7(12-3)11-2-10-5/h2H2,1H3,(H,8,9). The summed E-state index contributed by atoms with van der Waals surface area (Å²) >= 11 is 1.30. The average molecular weight is 186 g/mol. The molecule has 0 spiro atoms. The van der Waals surface area contributed by atoms with Crippen LogP contribution in [0.3, 0.4) is 0 Å². The Hall–Kier alpha value is -1.23. The molecule has 0 fully saturated rings. The van der Waals surface area contributed by atoms with Gasteiger partial charge in [-0.05, 0) is 6.92 Å². The molecule has 64 valence electrons. The van der Waals surface area contributed by atoms with Crippen LogP contribution in [0.25, 0.3) is 0 Å². The van der Waals surface area contributed by atoms with Crippen LogP contribution >= 0.6 is 11.3 Å². The maximum Gasteiger partial charge on any atom is 0.340 e. The molecule has 0 aliphatic carbocycles. The van der Waals surface area contributed by atoms with E-state index in [9.17, 15) is 4.79 Å². The van der Waals surface area contributed by atoms with Gasteiger partial charge in [0.05, 0.1) is 0 Å². The van der Waals surface area contributed by atoms with Gasteiger partial charge in [0.25, 0.3) is 0 Å². The Kier molecular flexibility index (Phi) is 1.47. The minimum Gasteiger partial charge on any atom is -0.478 e. The van der Waals surface area contributed by atoms with Crippen molar-refractivity contribution in [2.24, 2.45) is 0 Å². The van der Waals surface area contributed by atoms with Crippen LogP contribution < -0.4 is 9.47 Å². The molecule has 12 heavy (non-hydrogen) atoms. The summed E-state index contributed by atoms with van der Waals surface area (Å²) in [6.45, 7) is 1.86. The van der Waals surface area contributed by atoms with Crippen molar-refractivity contribution in [2.45, 2.75) is 6.92 Å². The minimum atomic E-state index is -0.962. The molecule has 0 atom stereocenters. The van der Waals surface area contributed by atoms with Gasteiger partial charge >= 0.3 is 5.97 Å². The number of rotatable bonds is 1. The van der Waals surface area contributed by atoms with E-state index in [1.165, 1.54) is 11.3 Å². The lowest BCUT2D eigenvalue weighted by atomic mass is 10.2. The molecule has 2 heterocycles. The summed E-state index contributed by atoms with van der Waals surface area (Å²) in [5.74, 6) is -0.583. The maximum absolute atomic E-state index is 10.7. The van der Waals surface area contributed by atoms with Gasteiger partial charge in [0.2, 0.25) is 11.9 Å². The number of aryl methyl sites for hydroxylation is 1. The van der Waals surface area contributed by atoms with Crippen molar-refractivity contribution >= 4 is 17.3 Å². The lowest BCUT2D eigenvalue weighted by Gasteiger charge is -1.95. The van der Waals surface area contributed by atoms with Crippen molar-refractivity contribution in [3.8, 4) is 10.8 Å². The summed E-state index contributed by atoms with van der Waals surface area (Å²) in [5, 5.41) is 9.36. The van der Waals surface area contributed by atoms with Crippen LogP contribution in [0.5, 0.6) is 10.8 Å². The Balaban J connectivity index is 2.59. The molecule has 0 bridgehead atoms. The highest BCUT2D eigenvalue weighted by Crippen LogP contribution is 2.44. The number of carboxylic acid groups (broad SMARTS) is 1. The van der Waals surface area contributed by atoms with E-state index in [4.69, 9.17) is 14.6 Å². The summed E-state index contributed by atoms with van der Waals surface area (Å²) in [7, 11) is 0. The molecular weight excluding hydrogens is 180 g/mol. The molecule has 0 saturated heterocycles. The second kappa shape index (κ2) is 2.38. The topological polar surface area (TPSA) is 55.8 Å². The van der Waals surface area contributed by atoms with Crippen LogP contribution in [0.1, 0.15) is 15.2 Å². The molecule has 4 nitrogen and oxygen atoms in total. The number of carboxylic acids is 1. The van der Waals surface area contributed by atoms with Crippen molar-refractivity contribution in [3.63, 3.8) is 0 Å². The normalized spacial score (nSPS) is 13.4. The monoisotopic (exact) mass is 186 g/mol. The number of thiophene rings is 1. The predicted molar refractivity (Wildman–Crippen MR) is 42.1 cm³/mol. The average Bonchev–Trinajstić information content (AvgIpc) is 2.44. The van der Waals surface area contributed by atoms with Crippen molar-refractivity contribution in [3.05, 3.63) is 10.4 Å². The summed E-state index contributed by atoms with van der Waals surface area (Å²) in [6.07, 6.45) is 0. The van der Waals surface area contributed by atoms with Crippen LogP contribution in [0, 0.1) is 6.92 Å². The van der Waals surface area contributed by atoms with Gasteiger partial charge in [0.15, 0.2) is 5.75 Å². The van der Waals surface area contributed by atoms with Crippen molar-refractivity contribution in [1.82, 2.24) is 0 Å². The number of aromatic carboxylic acids is 1. The van der Waals surface area contributed by atoms with E-state index < -0.39 is 5.97 Å². The van der Waals surface area contributed by atoms with E-state index in [2.05, 4.69) is 0 Å². The minimum absolute atomic E-state index is 0.127. The molecule has 0 aromatic carbocycles. The van der Waals surface area contributed by atoms with E-state index in [1.54, 1.807) is 6.92 Å². The van der Waals surface area contributed by atoms with E-state index in [0.29, 0.717) is 15.7 Å². The molecule has 2 rings (SSSR count). The van der Waals surface area contributed by atoms with Gasteiger partial charge in [-0.15, -0.1) is 0 Å². The predicted octanol–water partition coefficient (Wildman–Crippen LogP) is 1.48. The third-order valence-electron chi connectivity index (χ3n) is 1.62. The molecule has 1 aliphatic heterocycles. The quantitative estimate of drug-likeness (QED) is 0.721. The number of carbonyl (C=O) groups is 1. The Morgan fingerprint density at radius 2 is 2.33 bits per heavy atom. The van der Waals surface area contributed by atoms with Crippen molar-refractivity contribution in [1.29, 1.82) is 0 Å². The lowest BCUT2D eigenvalue weighted by molar-refractivity contribution is 0.0691. The van der Waals surface area contributed by atoms with Gasteiger partial charge in [-0.1, -0.05) is 11.3 Å². The summed E-state index contributed by atoms with van der Waals surface area (Å²) in [5.41, 5.74) is 0.229. The third-order valence-corrected chi connectivity index (χ3v) is 2.62. The summed E-state index contributed by atoms with van der Waals surface area (Å²) in [6, 6.07) is 0. The summed E-state index contributed by atoms with van der Waals surface area (Å²) < 4.78 is 10.1. The van der Waals surface area contributed by atoms with E-state index >= 15 is 0 Å². The fourth-order valence-corrected chi connectivity index (χ4v) is 2.03. The zero-order chi connectivity index (χ0) is 8.72. The Bertz CT molecular complexity index is 341. The van der Waals surface area contributed by atoms with E-state index in [1.807, 2.05) is 0 Å². The van der Waals surface area contributed by atoms with Gasteiger partial charge in [-0.2, -0.15) is 0 Å². The number of fused-ring (bicyclic) bond motifs is 1. The van der Waals surface area contributed by atoms with Gasteiger partial charge in [0, 0.05) is 4.88 Å². The zero-order valence-corrected chi connectivity index (χ0v) is 7.10. The van der Waals surface area contributed by atoms with Gasteiger partial charge in [0.1, 0.15) is 5.56 Å². The van der Waals surface area contributed by atoms with E-state index in [-0.39, 0.29) is 12.4 Å². The highest BCUT2D eigenvalue weighted by atomic mass is 32.1. The SMILES string of the molecule is Cc1sc2c(c1C(=O)O)OCO2. The Morgan fingerprint density at radius 3 is 3.00 bits per heavy atom. The molecule has 0 radical (unpaired) electrons. The van der Waals surface area contributed by atoms with E-state index in [0.717, 1.165) is 0 Å². The summed E-state index contributed by atoms with van der Waals surface area (Å²) in [4.78, 5) is 11.4. The first-order chi connectivity index (χ1) is 5.70. The maximum atomic E-state index is 10.7. The smallest absolute Gasteiger partial charge is 0.340 e. The first-order valence-electron chi connectivity index (χ1n) is 3.32. The van der Waals surface area contributed by atoms with Gasteiger partial charge in [-0.25, -0.2) is 4.79 Å². The molecule has 1 N–H and O–H groups in total. The molecule has 0 unspecified atom stereocenters. The van der Waals surface area contributed by atoms with Crippen LogP contribution in [0.2, 0.25) is 0 Å². The second-order valence-electron chi connectivity index (χ2n) is 2.36. The number of hydrogen-bond donors (Lipinski definition) is 1. The fourth-order valence-electron chi connectivity index (χ4n) is 1.11. The van der Waals surface area contributed by atoms with Crippen LogP contribution in [0.4, 0.5) is 0 Å². The number of ether oxygens (including phenoxy) is 2. The molecule has 5 heteroatoms. The molecule has 1 aliphatic rings. The molecule has 1 aromatic heterocycles. The highest BCUT2D eigenvalue weighted by Gasteiger charge is 2.27. The van der Waals surface area contributed by atoms with Crippen LogP contribution in [0.15, 0.2) is 0 Å². The number of hydrogen-bond acceptors (Lipinski definition) is 4. The molecule has 1 aromatic rings. The Labute approximate surface area is 72.3 Å². The lowest BCUT2D eigenvalue weighted by Crippen LogP contribution is -2.01. The molecule has 0 saturated carbocycles. The molecular formula is C7H6O4S. The third kappa shape index (κ3) is 0.863. The molecule has 0 amide bonds. The zero-order valence-electron chi connectivity index (χ0n) is 6.29. The first kappa shape index (κ1) is 7.42. The van der Waals surface area contributed by atoms with Crippen LogP contribution in [-0.4, -0.2) is 17.9 Å². The van der Waals surface area contributed by atoms with Gasteiger partial charge in [-0.3, -0.25) is 0 Å². The van der Waals surface area contributed by atoms with Gasteiger partial charge < -0.3 is 14.6 Å². The second-order valence-corrected chi connectivity index (χ2v) is 3.55.